The standard InChI is InChI=1S/C19H19FN2O4/c1-21-19(24)26-16-10-18(23)22(11-16)14-6-8-15(9-7-14)25-12-13-4-2-3-5-17(13)20/h2-9,16H,10-12H2,1H3,(H,21,24). The van der Waals surface area contributed by atoms with E-state index < -0.39 is 12.2 Å². The molecule has 0 saturated carbocycles. The van der Waals surface area contributed by atoms with Crippen molar-refractivity contribution in [2.75, 3.05) is 18.5 Å². The minimum absolute atomic E-state index is 0.112. The van der Waals surface area contributed by atoms with Crippen molar-refractivity contribution in [1.82, 2.24) is 5.32 Å². The van der Waals surface area contributed by atoms with Gasteiger partial charge in [-0.15, -0.1) is 0 Å². The number of benzene rings is 2. The third-order valence-electron chi connectivity index (χ3n) is 4.07. The summed E-state index contributed by atoms with van der Waals surface area (Å²) in [4.78, 5) is 25.0. The third-order valence-corrected chi connectivity index (χ3v) is 4.07. The zero-order valence-electron chi connectivity index (χ0n) is 14.3. The van der Waals surface area contributed by atoms with Gasteiger partial charge in [-0.25, -0.2) is 9.18 Å². The Bertz CT molecular complexity index is 794. The number of nitrogens with one attached hydrogen (secondary N) is 1. The molecule has 2 aromatic rings. The number of anilines is 1. The van der Waals surface area contributed by atoms with Gasteiger partial charge in [-0.1, -0.05) is 18.2 Å². The van der Waals surface area contributed by atoms with Gasteiger partial charge in [-0.05, 0) is 30.3 Å². The van der Waals surface area contributed by atoms with Crippen LogP contribution in [-0.4, -0.2) is 31.7 Å². The molecule has 3 rings (SSSR count). The molecule has 1 heterocycles. The highest BCUT2D eigenvalue weighted by Crippen LogP contribution is 2.26. The summed E-state index contributed by atoms with van der Waals surface area (Å²) in [6.45, 7) is 0.429. The third kappa shape index (κ3) is 4.11. The molecular weight excluding hydrogens is 339 g/mol. The second-order valence-corrected chi connectivity index (χ2v) is 5.86. The van der Waals surface area contributed by atoms with Crippen LogP contribution in [0.1, 0.15) is 12.0 Å². The fourth-order valence-corrected chi connectivity index (χ4v) is 2.71. The molecule has 0 aliphatic carbocycles. The van der Waals surface area contributed by atoms with Crippen LogP contribution in [0.25, 0.3) is 0 Å². The Labute approximate surface area is 150 Å². The van der Waals surface area contributed by atoms with Gasteiger partial charge >= 0.3 is 6.09 Å². The summed E-state index contributed by atoms with van der Waals surface area (Å²) in [5.74, 6) is 0.148. The summed E-state index contributed by atoms with van der Waals surface area (Å²) in [6.07, 6.45) is -0.875. The lowest BCUT2D eigenvalue weighted by Gasteiger charge is -2.17. The van der Waals surface area contributed by atoms with E-state index in [2.05, 4.69) is 5.32 Å². The van der Waals surface area contributed by atoms with Crippen molar-refractivity contribution < 1.29 is 23.5 Å². The summed E-state index contributed by atoms with van der Waals surface area (Å²) in [6, 6.07) is 13.4. The van der Waals surface area contributed by atoms with Crippen LogP contribution >= 0.6 is 0 Å². The van der Waals surface area contributed by atoms with Gasteiger partial charge in [0.25, 0.3) is 0 Å². The number of ether oxygens (including phenoxy) is 2. The Hall–Kier alpha value is -3.09. The first-order chi connectivity index (χ1) is 12.6. The SMILES string of the molecule is CNC(=O)OC1CC(=O)N(c2ccc(OCc3ccccc3F)cc2)C1. The molecule has 136 valence electrons. The highest BCUT2D eigenvalue weighted by Gasteiger charge is 2.33. The van der Waals surface area contributed by atoms with E-state index in [1.54, 1.807) is 47.4 Å². The molecule has 0 spiro atoms. The van der Waals surface area contributed by atoms with Gasteiger partial charge in [0.05, 0.1) is 13.0 Å². The lowest BCUT2D eigenvalue weighted by Crippen LogP contribution is -2.29. The van der Waals surface area contributed by atoms with E-state index in [0.29, 0.717) is 23.5 Å². The zero-order chi connectivity index (χ0) is 18.5. The van der Waals surface area contributed by atoms with Gasteiger partial charge in [0, 0.05) is 18.3 Å². The van der Waals surface area contributed by atoms with Crippen molar-refractivity contribution >= 4 is 17.7 Å². The van der Waals surface area contributed by atoms with Crippen LogP contribution in [0.5, 0.6) is 5.75 Å². The maximum Gasteiger partial charge on any atom is 0.407 e. The molecule has 1 saturated heterocycles. The molecule has 7 heteroatoms. The Morgan fingerprint density at radius 3 is 2.65 bits per heavy atom. The monoisotopic (exact) mass is 358 g/mol. The average Bonchev–Trinajstić information content (AvgIpc) is 3.01. The normalized spacial score (nSPS) is 16.5. The fraction of sp³-hybridized carbons (Fsp3) is 0.263. The van der Waals surface area contributed by atoms with Gasteiger partial charge in [0.15, 0.2) is 0 Å². The number of amides is 2. The zero-order valence-corrected chi connectivity index (χ0v) is 14.3. The van der Waals surface area contributed by atoms with Gasteiger partial charge in [-0.2, -0.15) is 0 Å². The first-order valence-corrected chi connectivity index (χ1v) is 8.22. The first kappa shape index (κ1) is 17.7. The molecule has 6 nitrogen and oxygen atoms in total. The Morgan fingerprint density at radius 2 is 1.96 bits per heavy atom. The van der Waals surface area contributed by atoms with Gasteiger partial charge in [0.2, 0.25) is 5.91 Å². The lowest BCUT2D eigenvalue weighted by molar-refractivity contribution is -0.117. The molecule has 26 heavy (non-hydrogen) atoms. The second kappa shape index (κ2) is 7.86. The summed E-state index contributed by atoms with van der Waals surface area (Å²) in [5, 5.41) is 2.37. The van der Waals surface area contributed by atoms with E-state index in [0.717, 1.165) is 0 Å². The molecule has 0 bridgehead atoms. The van der Waals surface area contributed by atoms with Gasteiger partial charge in [-0.3, -0.25) is 4.79 Å². The van der Waals surface area contributed by atoms with E-state index in [-0.39, 0.29) is 24.8 Å². The van der Waals surface area contributed by atoms with Gasteiger partial charge < -0.3 is 19.7 Å². The molecular formula is C19H19FN2O4. The maximum absolute atomic E-state index is 13.6. The van der Waals surface area contributed by atoms with Crippen molar-refractivity contribution in [3.63, 3.8) is 0 Å². The van der Waals surface area contributed by atoms with Crippen LogP contribution in [0.15, 0.2) is 48.5 Å². The Kier molecular flexibility index (Phi) is 5.36. The van der Waals surface area contributed by atoms with E-state index >= 15 is 0 Å². The van der Waals surface area contributed by atoms with Crippen LogP contribution in [0, 0.1) is 5.82 Å². The first-order valence-electron chi connectivity index (χ1n) is 8.22. The molecule has 0 radical (unpaired) electrons. The van der Waals surface area contributed by atoms with Crippen molar-refractivity contribution in [3.8, 4) is 5.75 Å². The summed E-state index contributed by atoms with van der Waals surface area (Å²) in [5.41, 5.74) is 1.16. The number of alkyl carbamates (subject to hydrolysis) is 1. The van der Waals surface area contributed by atoms with Crippen LogP contribution in [0.4, 0.5) is 14.9 Å². The molecule has 2 amide bonds. The van der Waals surface area contributed by atoms with Crippen LogP contribution < -0.4 is 15.0 Å². The molecule has 1 aliphatic rings. The highest BCUT2D eigenvalue weighted by molar-refractivity contribution is 5.96. The van der Waals surface area contributed by atoms with Crippen molar-refractivity contribution in [2.24, 2.45) is 0 Å². The number of halogens is 1. The number of nitrogens with zero attached hydrogens (tertiary/aromatic N) is 1. The molecule has 1 unspecified atom stereocenters. The number of rotatable bonds is 5. The number of carbonyl (C=O) groups is 2. The number of hydrogen-bond acceptors (Lipinski definition) is 4. The maximum atomic E-state index is 13.6. The van der Waals surface area contributed by atoms with Gasteiger partial charge in [0.1, 0.15) is 24.3 Å². The van der Waals surface area contributed by atoms with Crippen molar-refractivity contribution in [1.29, 1.82) is 0 Å². The summed E-state index contributed by atoms with van der Waals surface area (Å²) < 4.78 is 24.3. The van der Waals surface area contributed by atoms with E-state index in [9.17, 15) is 14.0 Å². The average molecular weight is 358 g/mol. The minimum Gasteiger partial charge on any atom is -0.489 e. The fourth-order valence-electron chi connectivity index (χ4n) is 2.71. The van der Waals surface area contributed by atoms with Crippen molar-refractivity contribution in [2.45, 2.75) is 19.1 Å². The number of carbonyl (C=O) groups excluding carboxylic acids is 2. The predicted molar refractivity (Wildman–Crippen MR) is 93.5 cm³/mol. The van der Waals surface area contributed by atoms with Crippen LogP contribution in [0.3, 0.4) is 0 Å². The quantitative estimate of drug-likeness (QED) is 0.892. The molecule has 2 aromatic carbocycles. The van der Waals surface area contributed by atoms with E-state index in [1.165, 1.54) is 13.1 Å². The smallest absolute Gasteiger partial charge is 0.407 e. The van der Waals surface area contributed by atoms with Crippen molar-refractivity contribution in [3.05, 3.63) is 59.9 Å². The summed E-state index contributed by atoms with van der Waals surface area (Å²) in [7, 11) is 1.47. The molecule has 1 N–H and O–H groups in total. The molecule has 0 aromatic heterocycles. The molecule has 1 aliphatic heterocycles. The van der Waals surface area contributed by atoms with Crippen LogP contribution in [-0.2, 0) is 16.1 Å². The van der Waals surface area contributed by atoms with E-state index in [4.69, 9.17) is 9.47 Å². The van der Waals surface area contributed by atoms with Crippen LogP contribution in [0.2, 0.25) is 0 Å². The molecule has 1 fully saturated rings. The summed E-state index contributed by atoms with van der Waals surface area (Å²) >= 11 is 0. The Balaban J connectivity index is 1.60. The lowest BCUT2D eigenvalue weighted by atomic mass is 10.2. The largest absolute Gasteiger partial charge is 0.489 e. The topological polar surface area (TPSA) is 67.9 Å². The Morgan fingerprint density at radius 1 is 1.23 bits per heavy atom. The van der Waals surface area contributed by atoms with E-state index in [1.807, 2.05) is 0 Å². The predicted octanol–water partition coefficient (Wildman–Crippen LogP) is 2.87. The second-order valence-electron chi connectivity index (χ2n) is 5.86. The number of hydrogen-bond donors (Lipinski definition) is 1. The molecule has 1 atom stereocenters. The minimum atomic E-state index is -0.554. The highest BCUT2D eigenvalue weighted by atomic mass is 19.1.